The van der Waals surface area contributed by atoms with Gasteiger partial charge in [0.1, 0.15) is 31.6 Å². The molecule has 284 valence electrons. The summed E-state index contributed by atoms with van der Waals surface area (Å²) in [4.78, 5) is 52.2. The predicted octanol–water partition coefficient (Wildman–Crippen LogP) is 5.81. The minimum atomic E-state index is -1.05. The lowest BCUT2D eigenvalue weighted by Gasteiger charge is -2.32. The molecule has 0 aliphatic carbocycles. The number of aliphatic hydroxyl groups excluding tert-OH is 1. The van der Waals surface area contributed by atoms with Gasteiger partial charge in [0.2, 0.25) is 11.8 Å². The zero-order valence-electron chi connectivity index (χ0n) is 30.9. The Labute approximate surface area is 312 Å². The second kappa shape index (κ2) is 21.8. The van der Waals surface area contributed by atoms with E-state index in [4.69, 9.17) is 14.2 Å². The van der Waals surface area contributed by atoms with Crippen LogP contribution in [0.5, 0.6) is 5.75 Å². The molecule has 3 aromatic carbocycles. The van der Waals surface area contributed by atoms with E-state index in [9.17, 15) is 24.3 Å². The molecule has 53 heavy (non-hydrogen) atoms. The van der Waals surface area contributed by atoms with Crippen molar-refractivity contribution in [3.8, 4) is 5.75 Å². The van der Waals surface area contributed by atoms with Crippen LogP contribution in [0.25, 0.3) is 0 Å². The van der Waals surface area contributed by atoms with Gasteiger partial charge in [-0.05, 0) is 53.5 Å². The van der Waals surface area contributed by atoms with Gasteiger partial charge in [-0.15, -0.1) is 13.2 Å². The average Bonchev–Trinajstić information content (AvgIpc) is 3.14. The molecular formula is C42H53N3O8. The summed E-state index contributed by atoms with van der Waals surface area (Å²) >= 11 is 0. The van der Waals surface area contributed by atoms with Crippen LogP contribution in [0.15, 0.2) is 110 Å². The van der Waals surface area contributed by atoms with Crippen LogP contribution in [-0.4, -0.2) is 60.3 Å². The summed E-state index contributed by atoms with van der Waals surface area (Å²) in [6, 6.07) is 24.2. The lowest BCUT2D eigenvalue weighted by molar-refractivity contribution is -0.148. The van der Waals surface area contributed by atoms with Gasteiger partial charge in [-0.25, -0.2) is 9.59 Å². The maximum atomic E-state index is 13.5. The van der Waals surface area contributed by atoms with Crippen molar-refractivity contribution in [2.75, 3.05) is 13.2 Å². The van der Waals surface area contributed by atoms with Gasteiger partial charge in [-0.2, -0.15) is 0 Å². The van der Waals surface area contributed by atoms with Crippen LogP contribution in [0, 0.1) is 11.3 Å². The highest BCUT2D eigenvalue weighted by atomic mass is 16.6. The van der Waals surface area contributed by atoms with E-state index >= 15 is 0 Å². The van der Waals surface area contributed by atoms with Gasteiger partial charge in [0.25, 0.3) is 0 Å². The molecule has 0 saturated carbocycles. The summed E-state index contributed by atoms with van der Waals surface area (Å²) in [6.07, 6.45) is 2.83. The zero-order chi connectivity index (χ0) is 38.6. The van der Waals surface area contributed by atoms with Crippen molar-refractivity contribution in [1.29, 1.82) is 0 Å². The Hall–Kier alpha value is -5.42. The lowest BCUT2D eigenvalue weighted by atomic mass is 9.86. The van der Waals surface area contributed by atoms with Gasteiger partial charge in [0.15, 0.2) is 0 Å². The first-order chi connectivity index (χ1) is 25.4. The molecule has 0 spiro atoms. The zero-order valence-corrected chi connectivity index (χ0v) is 30.9. The van der Waals surface area contributed by atoms with E-state index < -0.39 is 53.3 Å². The number of nitrogens with one attached hydrogen (secondary N) is 3. The number of benzene rings is 3. The quantitative estimate of drug-likeness (QED) is 0.0793. The molecule has 0 radical (unpaired) electrons. The summed E-state index contributed by atoms with van der Waals surface area (Å²) in [6.45, 7) is 13.1. The van der Waals surface area contributed by atoms with Crippen molar-refractivity contribution in [2.24, 2.45) is 11.3 Å². The van der Waals surface area contributed by atoms with Crippen molar-refractivity contribution in [2.45, 2.75) is 77.8 Å². The Morgan fingerprint density at radius 3 is 1.92 bits per heavy atom. The van der Waals surface area contributed by atoms with Gasteiger partial charge in [-0.1, -0.05) is 106 Å². The fourth-order valence-electron chi connectivity index (χ4n) is 5.25. The van der Waals surface area contributed by atoms with Gasteiger partial charge >= 0.3 is 12.1 Å². The van der Waals surface area contributed by atoms with Crippen LogP contribution in [0.4, 0.5) is 4.79 Å². The van der Waals surface area contributed by atoms with E-state index in [1.807, 2.05) is 106 Å². The van der Waals surface area contributed by atoms with E-state index in [0.717, 1.165) is 16.7 Å². The second-order valence-corrected chi connectivity index (χ2v) is 13.8. The molecule has 0 saturated heterocycles. The number of aliphatic hydroxyl groups is 1. The molecule has 0 aromatic heterocycles. The van der Waals surface area contributed by atoms with Crippen molar-refractivity contribution in [3.05, 3.63) is 127 Å². The molecule has 0 fully saturated rings. The summed E-state index contributed by atoms with van der Waals surface area (Å²) in [5, 5.41) is 18.4. The number of carbonyl (C=O) groups is 4. The fraction of sp³-hybridized carbons (Fsp3) is 0.381. The SMILES string of the molecule is C=CC[C@H](CC(=O)N[C@H](CO)Cc1ccc(OCc2ccccc2)cc1)C(=O)N[C@H](COC(=O)[C@@H](CC=C)NC(=O)OCc1ccccc1)C(C)(C)C. The molecule has 3 aromatic rings. The number of allylic oxidation sites excluding steroid dienone is 1. The summed E-state index contributed by atoms with van der Waals surface area (Å²) in [7, 11) is 0. The van der Waals surface area contributed by atoms with Crippen LogP contribution in [-0.2, 0) is 43.5 Å². The molecule has 11 nitrogen and oxygen atoms in total. The van der Waals surface area contributed by atoms with Crippen LogP contribution in [0.1, 0.15) is 56.7 Å². The second-order valence-electron chi connectivity index (χ2n) is 13.8. The molecular weight excluding hydrogens is 674 g/mol. The van der Waals surface area contributed by atoms with Crippen molar-refractivity contribution in [3.63, 3.8) is 0 Å². The predicted molar refractivity (Wildman–Crippen MR) is 204 cm³/mol. The number of hydrogen-bond donors (Lipinski definition) is 4. The molecule has 3 rings (SSSR count). The molecule has 0 aliphatic heterocycles. The highest BCUT2D eigenvalue weighted by Crippen LogP contribution is 2.22. The van der Waals surface area contributed by atoms with Crippen molar-refractivity contribution < 1.29 is 38.5 Å². The maximum absolute atomic E-state index is 13.5. The third-order valence-corrected chi connectivity index (χ3v) is 8.44. The minimum Gasteiger partial charge on any atom is -0.489 e. The lowest BCUT2D eigenvalue weighted by Crippen LogP contribution is -2.51. The first-order valence-electron chi connectivity index (χ1n) is 17.7. The van der Waals surface area contributed by atoms with E-state index in [2.05, 4.69) is 29.1 Å². The molecule has 0 aliphatic rings. The van der Waals surface area contributed by atoms with E-state index in [1.165, 1.54) is 6.08 Å². The van der Waals surface area contributed by atoms with Crippen LogP contribution >= 0.6 is 0 Å². The Balaban J connectivity index is 1.53. The number of esters is 1. The standard InChI is InChI=1S/C42H53N3O8/c1-6-14-33(25-38(47)43-34(26-46)24-30-20-22-35(23-21-30)51-27-31-16-10-8-11-17-31)39(48)45-37(42(3,4)5)29-52-40(49)36(15-7-2)44-41(50)53-28-32-18-12-9-13-19-32/h6-13,16-23,33-34,36-37,46H,1-2,14-15,24-29H2,3-5H3,(H,43,47)(H,44,50)(H,45,48)/t33-,34+,36-,37-/m1/s1. The third-order valence-electron chi connectivity index (χ3n) is 8.44. The first-order valence-corrected chi connectivity index (χ1v) is 17.7. The summed E-state index contributed by atoms with van der Waals surface area (Å²) < 4.78 is 16.7. The Bertz CT molecular complexity index is 1610. The molecule has 0 unspecified atom stereocenters. The van der Waals surface area contributed by atoms with E-state index in [1.54, 1.807) is 6.08 Å². The van der Waals surface area contributed by atoms with Gasteiger partial charge in [0, 0.05) is 6.42 Å². The summed E-state index contributed by atoms with van der Waals surface area (Å²) in [5.41, 5.74) is 2.20. The van der Waals surface area contributed by atoms with Crippen LogP contribution in [0.2, 0.25) is 0 Å². The van der Waals surface area contributed by atoms with E-state index in [-0.39, 0.29) is 39.1 Å². The molecule has 0 bridgehead atoms. The Kier molecular flexibility index (Phi) is 17.3. The van der Waals surface area contributed by atoms with Crippen LogP contribution < -0.4 is 20.7 Å². The Morgan fingerprint density at radius 2 is 1.36 bits per heavy atom. The van der Waals surface area contributed by atoms with E-state index in [0.29, 0.717) is 18.8 Å². The largest absolute Gasteiger partial charge is 0.489 e. The van der Waals surface area contributed by atoms with Gasteiger partial charge in [-0.3, -0.25) is 9.59 Å². The van der Waals surface area contributed by atoms with Crippen molar-refractivity contribution in [1.82, 2.24) is 16.0 Å². The smallest absolute Gasteiger partial charge is 0.408 e. The molecule has 4 atom stereocenters. The highest BCUT2D eigenvalue weighted by molar-refractivity contribution is 5.86. The monoisotopic (exact) mass is 727 g/mol. The normalized spacial score (nSPS) is 13.3. The number of rotatable bonds is 21. The van der Waals surface area contributed by atoms with Gasteiger partial charge in [0.05, 0.1) is 24.6 Å². The number of alkyl carbamates (subject to hydrolysis) is 1. The topological polar surface area (TPSA) is 152 Å². The molecule has 4 N–H and O–H groups in total. The maximum Gasteiger partial charge on any atom is 0.408 e. The minimum absolute atomic E-state index is 0.0325. The summed E-state index contributed by atoms with van der Waals surface area (Å²) in [5.74, 6) is -1.58. The number of hydrogen-bond acceptors (Lipinski definition) is 8. The average molecular weight is 728 g/mol. The number of carbonyl (C=O) groups excluding carboxylic acids is 4. The fourth-order valence-corrected chi connectivity index (χ4v) is 5.25. The van der Waals surface area contributed by atoms with Crippen molar-refractivity contribution >= 4 is 23.9 Å². The first kappa shape index (κ1) is 42.0. The number of amides is 3. The van der Waals surface area contributed by atoms with Crippen LogP contribution in [0.3, 0.4) is 0 Å². The third kappa shape index (κ3) is 15.4. The molecule has 0 heterocycles. The highest BCUT2D eigenvalue weighted by Gasteiger charge is 2.32. The molecule has 3 amide bonds. The number of ether oxygens (including phenoxy) is 3. The Morgan fingerprint density at radius 1 is 0.755 bits per heavy atom. The molecule has 11 heteroatoms. The van der Waals surface area contributed by atoms with Gasteiger partial charge < -0.3 is 35.3 Å².